The second kappa shape index (κ2) is 9.41. The van der Waals surface area contributed by atoms with E-state index in [4.69, 9.17) is 16.0 Å². The van der Waals surface area contributed by atoms with Crippen LogP contribution in [0.2, 0.25) is 5.02 Å². The molecule has 0 radical (unpaired) electrons. The molecule has 4 aromatic rings. The lowest BCUT2D eigenvalue weighted by atomic mass is 10.1. The third-order valence-corrected chi connectivity index (χ3v) is 6.39. The van der Waals surface area contributed by atoms with Gasteiger partial charge in [0.2, 0.25) is 0 Å². The van der Waals surface area contributed by atoms with Crippen molar-refractivity contribution in [1.29, 1.82) is 0 Å². The minimum absolute atomic E-state index is 0.0393. The van der Waals surface area contributed by atoms with Gasteiger partial charge in [-0.15, -0.1) is 0 Å². The van der Waals surface area contributed by atoms with E-state index in [1.807, 2.05) is 60.7 Å². The van der Waals surface area contributed by atoms with Crippen LogP contribution in [0.15, 0.2) is 105 Å². The SMILES string of the molecule is O=C([O-])c1cc(N2C(=O)/C(=C\c3ccc(-c4ccc(Br)cc4)o3)C=C2c2ccccc2)ccc1Cl. The van der Waals surface area contributed by atoms with E-state index in [1.54, 1.807) is 24.3 Å². The summed E-state index contributed by atoms with van der Waals surface area (Å²) in [6, 6.07) is 25.1. The molecule has 0 aliphatic carbocycles. The van der Waals surface area contributed by atoms with Gasteiger partial charge in [-0.2, -0.15) is 0 Å². The summed E-state index contributed by atoms with van der Waals surface area (Å²) in [7, 11) is 0. The van der Waals surface area contributed by atoms with Crippen LogP contribution in [-0.4, -0.2) is 11.9 Å². The fraction of sp³-hybridized carbons (Fsp3) is 0. The fourth-order valence-electron chi connectivity index (χ4n) is 3.85. The molecular weight excluding hydrogens is 530 g/mol. The fourth-order valence-corrected chi connectivity index (χ4v) is 4.31. The third-order valence-electron chi connectivity index (χ3n) is 5.53. The van der Waals surface area contributed by atoms with Crippen molar-refractivity contribution in [2.75, 3.05) is 4.90 Å². The third kappa shape index (κ3) is 4.58. The summed E-state index contributed by atoms with van der Waals surface area (Å²) >= 11 is 9.44. The monoisotopic (exact) mass is 544 g/mol. The number of carboxylic acids is 1. The standard InChI is InChI=1S/C28H17BrClNO4/c29-20-8-6-18(7-9-20)26-13-11-22(35-26)14-19-15-25(17-4-2-1-3-5-17)31(27(19)32)21-10-12-24(30)23(16-21)28(33)34/h1-16H,(H,33,34)/p-1/b19-14-. The molecule has 3 aromatic carbocycles. The first-order chi connectivity index (χ1) is 16.9. The molecule has 172 valence electrons. The Morgan fingerprint density at radius 1 is 0.943 bits per heavy atom. The molecule has 0 spiro atoms. The van der Waals surface area contributed by atoms with Gasteiger partial charge in [0.25, 0.3) is 5.91 Å². The average Bonchev–Trinajstić information content (AvgIpc) is 3.45. The first-order valence-electron chi connectivity index (χ1n) is 10.6. The van der Waals surface area contributed by atoms with Gasteiger partial charge in [-0.25, -0.2) is 0 Å². The van der Waals surface area contributed by atoms with Crippen LogP contribution >= 0.6 is 27.5 Å². The molecule has 7 heteroatoms. The lowest BCUT2D eigenvalue weighted by Gasteiger charge is -2.22. The second-order valence-electron chi connectivity index (χ2n) is 7.80. The highest BCUT2D eigenvalue weighted by molar-refractivity contribution is 9.10. The van der Waals surface area contributed by atoms with Gasteiger partial charge in [0, 0.05) is 26.2 Å². The van der Waals surface area contributed by atoms with Crippen LogP contribution in [-0.2, 0) is 4.79 Å². The summed E-state index contributed by atoms with van der Waals surface area (Å²) in [5.74, 6) is -0.545. The van der Waals surface area contributed by atoms with Crippen LogP contribution in [0.25, 0.3) is 23.1 Å². The van der Waals surface area contributed by atoms with Crippen LogP contribution in [0.1, 0.15) is 21.7 Å². The van der Waals surface area contributed by atoms with Gasteiger partial charge in [0.1, 0.15) is 11.5 Å². The Bertz CT molecular complexity index is 1500. The quantitative estimate of drug-likeness (QED) is 0.280. The molecule has 0 bridgehead atoms. The van der Waals surface area contributed by atoms with E-state index < -0.39 is 5.97 Å². The van der Waals surface area contributed by atoms with E-state index in [1.165, 1.54) is 17.0 Å². The van der Waals surface area contributed by atoms with Crippen molar-refractivity contribution in [1.82, 2.24) is 0 Å². The van der Waals surface area contributed by atoms with Gasteiger partial charge in [-0.1, -0.05) is 70.0 Å². The van der Waals surface area contributed by atoms with Crippen molar-refractivity contribution in [3.8, 4) is 11.3 Å². The van der Waals surface area contributed by atoms with Gasteiger partial charge < -0.3 is 14.3 Å². The van der Waals surface area contributed by atoms with Crippen molar-refractivity contribution >= 4 is 56.9 Å². The minimum Gasteiger partial charge on any atom is -0.545 e. The highest BCUT2D eigenvalue weighted by Crippen LogP contribution is 2.37. The van der Waals surface area contributed by atoms with Crippen LogP contribution < -0.4 is 10.0 Å². The lowest BCUT2D eigenvalue weighted by molar-refractivity contribution is -0.255. The Kier molecular flexibility index (Phi) is 6.16. The van der Waals surface area contributed by atoms with E-state index in [-0.39, 0.29) is 16.5 Å². The summed E-state index contributed by atoms with van der Waals surface area (Å²) in [6.07, 6.45) is 3.43. The van der Waals surface area contributed by atoms with Crippen molar-refractivity contribution in [3.63, 3.8) is 0 Å². The van der Waals surface area contributed by atoms with E-state index in [0.717, 1.165) is 15.6 Å². The lowest BCUT2D eigenvalue weighted by Crippen LogP contribution is -2.27. The summed E-state index contributed by atoms with van der Waals surface area (Å²) < 4.78 is 6.94. The van der Waals surface area contributed by atoms with Gasteiger partial charge in [-0.05, 0) is 60.2 Å². The molecule has 0 saturated heterocycles. The Morgan fingerprint density at radius 3 is 2.40 bits per heavy atom. The zero-order valence-electron chi connectivity index (χ0n) is 18.1. The number of rotatable bonds is 5. The van der Waals surface area contributed by atoms with E-state index in [9.17, 15) is 14.7 Å². The predicted molar refractivity (Wildman–Crippen MR) is 138 cm³/mol. The number of hydrogen-bond acceptors (Lipinski definition) is 4. The van der Waals surface area contributed by atoms with Gasteiger partial charge in [0.05, 0.1) is 17.4 Å². The molecule has 1 aliphatic heterocycles. The van der Waals surface area contributed by atoms with E-state index in [0.29, 0.717) is 28.5 Å². The Hall–Kier alpha value is -3.87. The maximum absolute atomic E-state index is 13.5. The topological polar surface area (TPSA) is 73.6 Å². The number of benzene rings is 3. The molecule has 0 unspecified atom stereocenters. The number of hydrogen-bond donors (Lipinski definition) is 0. The number of carboxylic acid groups (broad SMARTS) is 1. The number of aromatic carboxylic acids is 1. The van der Waals surface area contributed by atoms with E-state index >= 15 is 0 Å². The molecule has 1 aliphatic rings. The van der Waals surface area contributed by atoms with Gasteiger partial charge in [-0.3, -0.25) is 9.69 Å². The molecular formula is C28H16BrClNO4-. The number of nitrogens with zero attached hydrogens (tertiary/aromatic N) is 1. The van der Waals surface area contributed by atoms with Crippen molar-refractivity contribution < 1.29 is 19.1 Å². The maximum atomic E-state index is 13.5. The van der Waals surface area contributed by atoms with Crippen LogP contribution in [0.4, 0.5) is 5.69 Å². The Labute approximate surface area is 214 Å². The molecule has 2 heterocycles. The minimum atomic E-state index is -1.42. The number of furan rings is 1. The summed E-state index contributed by atoms with van der Waals surface area (Å²) in [5.41, 5.74) is 2.88. The highest BCUT2D eigenvalue weighted by Gasteiger charge is 2.31. The molecule has 0 saturated carbocycles. The zero-order valence-corrected chi connectivity index (χ0v) is 20.4. The normalized spacial score (nSPS) is 14.5. The van der Waals surface area contributed by atoms with Crippen molar-refractivity contribution in [2.45, 2.75) is 0 Å². The number of carbonyl (C=O) groups excluding carboxylic acids is 2. The largest absolute Gasteiger partial charge is 0.545 e. The predicted octanol–water partition coefficient (Wildman–Crippen LogP) is 6.20. The summed E-state index contributed by atoms with van der Waals surface area (Å²) in [5, 5.41) is 11.6. The molecule has 5 nitrogen and oxygen atoms in total. The Balaban J connectivity index is 1.56. The van der Waals surface area contributed by atoms with Crippen LogP contribution in [0.5, 0.6) is 0 Å². The first-order valence-corrected chi connectivity index (χ1v) is 11.8. The molecule has 0 atom stereocenters. The van der Waals surface area contributed by atoms with E-state index in [2.05, 4.69) is 15.9 Å². The first kappa shape index (κ1) is 22.9. The molecule has 0 fully saturated rings. The zero-order chi connectivity index (χ0) is 24.5. The maximum Gasteiger partial charge on any atom is 0.263 e. The number of halogens is 2. The average molecular weight is 546 g/mol. The van der Waals surface area contributed by atoms with Gasteiger partial charge in [0.15, 0.2) is 0 Å². The molecule has 1 aromatic heterocycles. The number of anilines is 1. The smallest absolute Gasteiger partial charge is 0.263 e. The molecule has 0 N–H and O–H groups in total. The van der Waals surface area contributed by atoms with Gasteiger partial charge >= 0.3 is 0 Å². The highest BCUT2D eigenvalue weighted by atomic mass is 79.9. The summed E-state index contributed by atoms with van der Waals surface area (Å²) in [4.78, 5) is 26.5. The Morgan fingerprint density at radius 2 is 1.69 bits per heavy atom. The molecule has 35 heavy (non-hydrogen) atoms. The number of amides is 1. The summed E-state index contributed by atoms with van der Waals surface area (Å²) in [6.45, 7) is 0. The van der Waals surface area contributed by atoms with Crippen LogP contribution in [0, 0.1) is 0 Å². The molecule has 5 rings (SSSR count). The second-order valence-corrected chi connectivity index (χ2v) is 9.12. The molecule has 1 amide bonds. The van der Waals surface area contributed by atoms with Crippen molar-refractivity contribution in [3.05, 3.63) is 123 Å². The van der Waals surface area contributed by atoms with Crippen LogP contribution in [0.3, 0.4) is 0 Å². The van der Waals surface area contributed by atoms with Crippen molar-refractivity contribution in [2.24, 2.45) is 0 Å². The number of carbonyl (C=O) groups is 2.